The van der Waals surface area contributed by atoms with Gasteiger partial charge in [0.2, 0.25) is 0 Å². The van der Waals surface area contributed by atoms with Crippen molar-refractivity contribution in [3.63, 3.8) is 0 Å². The Hall–Kier alpha value is -7.56. The van der Waals surface area contributed by atoms with E-state index >= 15 is 0 Å². The summed E-state index contributed by atoms with van der Waals surface area (Å²) in [7, 11) is 0. The molecule has 3 heterocycles. The van der Waals surface area contributed by atoms with Crippen molar-refractivity contribution in [1.82, 2.24) is 0 Å². The molecule has 0 saturated heterocycles. The van der Waals surface area contributed by atoms with Gasteiger partial charge < -0.3 is 14.2 Å². The molecule has 0 bridgehead atoms. The third-order valence-electron chi connectivity index (χ3n) is 17.5. The minimum absolute atomic E-state index is 0.00543. The molecule has 2 aliphatic carbocycles. The smallest absolute Gasteiger partial charge is 0.252 e. The van der Waals surface area contributed by atoms with Crippen molar-refractivity contribution in [1.29, 1.82) is 0 Å². The summed E-state index contributed by atoms with van der Waals surface area (Å²) in [5.74, 6) is 0. The van der Waals surface area contributed by atoms with Crippen LogP contribution in [0, 0.1) is 0 Å². The van der Waals surface area contributed by atoms with Crippen LogP contribution < -0.4 is 26.2 Å². The summed E-state index contributed by atoms with van der Waals surface area (Å²) in [4.78, 5) is 5.16. The largest absolute Gasteiger partial charge is 0.456 e. The van der Waals surface area contributed by atoms with Gasteiger partial charge in [0.1, 0.15) is 11.2 Å². The van der Waals surface area contributed by atoms with Crippen LogP contribution in [0.1, 0.15) is 128 Å². The van der Waals surface area contributed by atoms with Crippen LogP contribution in [-0.2, 0) is 27.1 Å². The van der Waals surface area contributed by atoms with E-state index in [0.717, 1.165) is 33.3 Å². The first-order valence-corrected chi connectivity index (χ1v) is 27.2. The Balaban J connectivity index is 1.10. The van der Waals surface area contributed by atoms with Crippen LogP contribution in [0.4, 0.5) is 34.1 Å². The maximum Gasteiger partial charge on any atom is 0.252 e. The summed E-state index contributed by atoms with van der Waals surface area (Å²) >= 11 is 0. The van der Waals surface area contributed by atoms with Crippen LogP contribution in [0.3, 0.4) is 0 Å². The molecule has 0 radical (unpaired) electrons. The Bertz CT molecular complexity index is 3990. The van der Waals surface area contributed by atoms with Crippen LogP contribution in [0.15, 0.2) is 180 Å². The fraction of sp³-hybridized carbons (Fsp3) is 0.239. The van der Waals surface area contributed by atoms with Crippen LogP contribution in [0.5, 0.6) is 0 Å². The molecule has 3 nitrogen and oxygen atoms in total. The van der Waals surface area contributed by atoms with E-state index in [-0.39, 0.29) is 28.4 Å². The Kier molecular flexibility index (Phi) is 9.38. The van der Waals surface area contributed by atoms with Gasteiger partial charge in [-0.15, -0.1) is 0 Å². The van der Waals surface area contributed by atoms with Gasteiger partial charge in [0, 0.05) is 56.5 Å². The highest BCUT2D eigenvalue weighted by Crippen LogP contribution is 2.64. The van der Waals surface area contributed by atoms with Crippen molar-refractivity contribution < 1.29 is 4.42 Å². The second-order valence-corrected chi connectivity index (χ2v) is 26.2. The number of furan rings is 1. The van der Waals surface area contributed by atoms with Crippen LogP contribution in [0.2, 0.25) is 0 Å². The normalized spacial score (nSPS) is 15.0. The van der Waals surface area contributed by atoms with E-state index in [9.17, 15) is 0 Å². The molecule has 0 N–H and O–H groups in total. The van der Waals surface area contributed by atoms with Gasteiger partial charge in [-0.05, 0) is 148 Å². The van der Waals surface area contributed by atoms with Gasteiger partial charge in [-0.2, -0.15) is 0 Å². The molecule has 0 atom stereocenters. The number of anilines is 6. The lowest BCUT2D eigenvalue weighted by atomic mass is 9.33. The van der Waals surface area contributed by atoms with Gasteiger partial charge in [0.05, 0.1) is 5.41 Å². The minimum Gasteiger partial charge on any atom is -0.456 e. The molecule has 0 unspecified atom stereocenters. The van der Waals surface area contributed by atoms with Crippen LogP contribution >= 0.6 is 0 Å². The number of hydrogen-bond acceptors (Lipinski definition) is 3. The molecule has 2 aliphatic heterocycles. The summed E-state index contributed by atoms with van der Waals surface area (Å²) in [6.07, 6.45) is 0. The Morgan fingerprint density at radius 3 is 1.31 bits per heavy atom. The Morgan fingerprint density at radius 2 is 0.813 bits per heavy atom. The van der Waals surface area contributed by atoms with E-state index in [2.05, 4.69) is 269 Å². The maximum absolute atomic E-state index is 7.63. The van der Waals surface area contributed by atoms with E-state index in [0.29, 0.717) is 0 Å². The molecule has 1 aromatic heterocycles. The summed E-state index contributed by atoms with van der Waals surface area (Å²) < 4.78 is 7.63. The lowest BCUT2D eigenvalue weighted by Crippen LogP contribution is -2.61. The molecule has 14 rings (SSSR count). The highest BCUT2D eigenvalue weighted by molar-refractivity contribution is 7.00. The fourth-order valence-corrected chi connectivity index (χ4v) is 13.6. The predicted octanol–water partition coefficient (Wildman–Crippen LogP) is 17.2. The van der Waals surface area contributed by atoms with E-state index in [1.165, 1.54) is 106 Å². The number of nitrogens with zero attached hydrogens (tertiary/aromatic N) is 2. The van der Waals surface area contributed by atoms with Crippen molar-refractivity contribution in [3.8, 4) is 22.3 Å². The molecular formula is C71H65BN2O. The average Bonchev–Trinajstić information content (AvgIpc) is 4.25. The number of hydrogen-bond donors (Lipinski definition) is 0. The zero-order valence-corrected chi connectivity index (χ0v) is 45.6. The standard InChI is InChI=1S/C71H65BN2O/c1-67(2,3)42-25-30-46(31-26-42)73-59-37-44(69(7,8)9)29-36-57(59)72-58-40-53-52-35-34-51-50-21-15-18-24-56(50)71(54-22-16-13-19-48(54)49-20-14-17-23-55(49)71)64(51)66(52)75-63(53)41-60(58)74(47-32-27-43(28-33-47)68(4,5)6)62-39-45(70(10,11)12)38-61(73)65(62)72/h13-41H,1-12H3. The Morgan fingerprint density at radius 1 is 0.373 bits per heavy atom. The van der Waals surface area contributed by atoms with Crippen molar-refractivity contribution in [2.45, 2.75) is 110 Å². The predicted molar refractivity (Wildman–Crippen MR) is 319 cm³/mol. The number of rotatable bonds is 2. The zero-order valence-electron chi connectivity index (χ0n) is 45.6. The van der Waals surface area contributed by atoms with E-state index < -0.39 is 5.41 Å². The number of fused-ring (bicyclic) bond motifs is 18. The number of benzene rings is 9. The first-order valence-electron chi connectivity index (χ1n) is 27.2. The second kappa shape index (κ2) is 15.3. The first kappa shape index (κ1) is 46.0. The summed E-state index contributed by atoms with van der Waals surface area (Å²) in [6, 6.07) is 68.1. The van der Waals surface area contributed by atoms with Crippen molar-refractivity contribution in [3.05, 3.63) is 220 Å². The third kappa shape index (κ3) is 6.41. The topological polar surface area (TPSA) is 19.6 Å². The van der Waals surface area contributed by atoms with E-state index in [1.54, 1.807) is 0 Å². The summed E-state index contributed by atoms with van der Waals surface area (Å²) in [5.41, 5.74) is 27.8. The van der Waals surface area contributed by atoms with Crippen molar-refractivity contribution >= 4 is 79.2 Å². The molecule has 75 heavy (non-hydrogen) atoms. The van der Waals surface area contributed by atoms with E-state index in [4.69, 9.17) is 4.42 Å². The first-order chi connectivity index (χ1) is 35.7. The van der Waals surface area contributed by atoms with Gasteiger partial charge in [0.15, 0.2) is 0 Å². The highest BCUT2D eigenvalue weighted by atomic mass is 16.3. The van der Waals surface area contributed by atoms with Gasteiger partial charge in [-0.25, -0.2) is 0 Å². The highest BCUT2D eigenvalue weighted by Gasteiger charge is 2.53. The van der Waals surface area contributed by atoms with Crippen molar-refractivity contribution in [2.75, 3.05) is 9.80 Å². The monoisotopic (exact) mass is 973 g/mol. The minimum atomic E-state index is -0.539. The molecule has 4 aliphatic rings. The van der Waals surface area contributed by atoms with Crippen molar-refractivity contribution in [2.24, 2.45) is 0 Å². The third-order valence-corrected chi connectivity index (χ3v) is 17.5. The SMILES string of the molecule is CC(C)(C)c1ccc(N2c3cc(C(C)(C)C)ccc3B3c4cc5c(cc4N(c4ccc(C(C)(C)C)cc4)c4cc(C(C)(C)C)cc2c43)oc2c3c(ccc25)-c2ccccc2C32c3ccccc3-c3ccccc32)cc1. The summed E-state index contributed by atoms with van der Waals surface area (Å²) in [5, 5.41) is 2.29. The average molecular weight is 973 g/mol. The Labute approximate surface area is 444 Å². The van der Waals surface area contributed by atoms with Crippen LogP contribution in [-0.4, -0.2) is 6.71 Å². The van der Waals surface area contributed by atoms with Crippen LogP contribution in [0.25, 0.3) is 44.2 Å². The molecule has 0 saturated carbocycles. The lowest BCUT2D eigenvalue weighted by molar-refractivity contribution is 0.589. The second-order valence-electron chi connectivity index (χ2n) is 26.2. The van der Waals surface area contributed by atoms with E-state index in [1.807, 2.05) is 0 Å². The molecule has 0 amide bonds. The lowest BCUT2D eigenvalue weighted by Gasteiger charge is -2.45. The molecule has 10 aromatic rings. The molecule has 368 valence electrons. The van der Waals surface area contributed by atoms with Gasteiger partial charge >= 0.3 is 0 Å². The quantitative estimate of drug-likeness (QED) is 0.161. The zero-order chi connectivity index (χ0) is 51.9. The fourth-order valence-electron chi connectivity index (χ4n) is 13.6. The van der Waals surface area contributed by atoms with Gasteiger partial charge in [-0.1, -0.05) is 204 Å². The molecular weight excluding hydrogens is 908 g/mol. The summed E-state index contributed by atoms with van der Waals surface area (Å²) in [6.45, 7) is 27.9. The molecule has 9 aromatic carbocycles. The molecule has 4 heteroatoms. The maximum atomic E-state index is 7.63. The molecule has 0 fully saturated rings. The molecule has 1 spiro atoms. The van der Waals surface area contributed by atoms with Gasteiger partial charge in [0.25, 0.3) is 6.71 Å². The van der Waals surface area contributed by atoms with Gasteiger partial charge in [-0.3, -0.25) is 0 Å².